The highest BCUT2D eigenvalue weighted by atomic mass is 16.8. The van der Waals surface area contributed by atoms with Crippen LogP contribution < -0.4 is 10.6 Å². The molecule has 35 atom stereocenters. The van der Waals surface area contributed by atoms with Gasteiger partial charge in [0.25, 0.3) is 0 Å². The highest BCUT2D eigenvalue weighted by Crippen LogP contribution is 2.39. The number of carbonyl (C=O) groups is 2. The zero-order valence-electron chi connectivity index (χ0n) is 44.5. The molecule has 0 radical (unpaired) electrons. The van der Waals surface area contributed by atoms with Gasteiger partial charge in [-0.05, 0) is 6.92 Å². The Morgan fingerprint density at radius 2 is 0.639 bits per heavy atom. The quantitative estimate of drug-likeness (QED) is 0.0538. The third kappa shape index (κ3) is 14.5. The van der Waals surface area contributed by atoms with E-state index in [1.807, 2.05) is 0 Å². The molecule has 0 aromatic rings. The maximum Gasteiger partial charge on any atom is 0.217 e. The van der Waals surface area contributed by atoms with Crippen molar-refractivity contribution in [1.82, 2.24) is 10.6 Å². The summed E-state index contributed by atoms with van der Waals surface area (Å²) in [6.45, 7) is -2.97. The summed E-state index contributed by atoms with van der Waals surface area (Å²) in [5.41, 5.74) is 0. The Labute approximate surface area is 470 Å². The number of rotatable bonds is 20. The fourth-order valence-electron chi connectivity index (χ4n) is 10.7. The van der Waals surface area contributed by atoms with Crippen LogP contribution in [-0.4, -0.2) is 368 Å². The Hall–Kier alpha value is -2.38. The van der Waals surface area contributed by atoms with Gasteiger partial charge in [-0.15, -0.1) is 0 Å². The fraction of sp³-hybridized carbons (Fsp3) is 0.957. The number of aliphatic hydroxyl groups excluding tert-OH is 20. The minimum Gasteiger partial charge on any atom is -0.394 e. The lowest BCUT2D eigenvalue weighted by Crippen LogP contribution is -2.72. The molecule has 83 heavy (non-hydrogen) atoms. The predicted molar refractivity (Wildman–Crippen MR) is 254 cm³/mol. The van der Waals surface area contributed by atoms with Gasteiger partial charge < -0.3 is 174 Å². The summed E-state index contributed by atoms with van der Waals surface area (Å²) in [5.74, 6) is -1.81. The molecule has 2 amide bonds. The van der Waals surface area contributed by atoms with E-state index >= 15 is 0 Å². The Balaban J connectivity index is 1.22. The van der Waals surface area contributed by atoms with Gasteiger partial charge in [0.05, 0.1) is 45.7 Å². The van der Waals surface area contributed by atoms with Crippen molar-refractivity contribution in [3.63, 3.8) is 0 Å². The third-order valence-corrected chi connectivity index (χ3v) is 15.3. The van der Waals surface area contributed by atoms with Gasteiger partial charge in [0.1, 0.15) is 165 Å². The molecule has 0 unspecified atom stereocenters. The topological polar surface area (TPSA) is 583 Å². The normalized spacial score (nSPS) is 50.8. The molecule has 0 aromatic carbocycles. The first kappa shape index (κ1) is 68.1. The molecule has 482 valence electrons. The molecule has 0 aromatic heterocycles. The molecule has 37 heteroatoms. The van der Waals surface area contributed by atoms with Crippen molar-refractivity contribution in [2.45, 2.75) is 236 Å². The van der Waals surface area contributed by atoms with Gasteiger partial charge in [0.15, 0.2) is 44.0 Å². The van der Waals surface area contributed by atoms with Gasteiger partial charge in [-0.3, -0.25) is 9.59 Å². The molecule has 22 N–H and O–H groups in total. The molecular weight excluding hydrogens is 1140 g/mol. The Kier molecular flexibility index (Phi) is 24.0. The van der Waals surface area contributed by atoms with E-state index in [0.29, 0.717) is 0 Å². The van der Waals surface area contributed by atoms with Crippen molar-refractivity contribution < 1.29 is 173 Å². The number of carbonyl (C=O) groups excluding carboxylic acids is 2. The van der Waals surface area contributed by atoms with Gasteiger partial charge in [-0.1, -0.05) is 0 Å². The Morgan fingerprint density at radius 3 is 1.10 bits per heavy atom. The SMILES string of the molecule is CC(=O)N[C@H]1[C@H](O[C@H]2[C@@H](O)[C@@H](CO)O[C@@H](O[C@H]3[C@H](O)[C@@H](O)[C@@H](O)O[C@@H]3CO)[C@@H]2O)O[C@H](CO)[C@@H](O[C@@H]2O[C@H](CO)[C@H](O)[C@H](O[C@@H]3O[C@H](CO)[C@@H](O)[C@H](O[C@@H]4O[C@H](CO)[C@H](O)[C@H](O)[C@H]4O)[C@H]3NC(C)=O)[C@H]2O)[C@@H]1O[C@@H]1O[C@@H](C)[C@@H](O)[C@@H](O)[C@@H]1O. The van der Waals surface area contributed by atoms with E-state index in [1.165, 1.54) is 6.92 Å². The number of hydrogen-bond donors (Lipinski definition) is 22. The van der Waals surface area contributed by atoms with Crippen LogP contribution in [0.15, 0.2) is 0 Å². The lowest BCUT2D eigenvalue weighted by atomic mass is 9.93. The summed E-state index contributed by atoms with van der Waals surface area (Å²) in [5, 5.41) is 221. The average molecular weight is 1220 g/mol. The van der Waals surface area contributed by atoms with E-state index in [9.17, 15) is 112 Å². The summed E-state index contributed by atoms with van der Waals surface area (Å²) >= 11 is 0. The van der Waals surface area contributed by atoms with Gasteiger partial charge in [-0.25, -0.2) is 0 Å². The van der Waals surface area contributed by atoms with Gasteiger partial charge in [0.2, 0.25) is 11.8 Å². The van der Waals surface area contributed by atoms with E-state index in [1.54, 1.807) is 0 Å². The van der Waals surface area contributed by atoms with E-state index in [-0.39, 0.29) is 0 Å². The number of amides is 2. The molecule has 7 fully saturated rings. The van der Waals surface area contributed by atoms with Crippen molar-refractivity contribution in [1.29, 1.82) is 0 Å². The first-order chi connectivity index (χ1) is 39.2. The highest BCUT2D eigenvalue weighted by molar-refractivity contribution is 5.73. The van der Waals surface area contributed by atoms with E-state index in [0.717, 1.165) is 13.8 Å². The number of aliphatic hydroxyl groups is 20. The van der Waals surface area contributed by atoms with Crippen LogP contribution in [0.3, 0.4) is 0 Å². The minimum atomic E-state index is -2.34. The molecular formula is C46H78N2O35. The van der Waals surface area contributed by atoms with Crippen molar-refractivity contribution in [3.8, 4) is 0 Å². The molecule has 0 spiro atoms. The first-order valence-electron chi connectivity index (χ1n) is 26.5. The van der Waals surface area contributed by atoms with Crippen molar-refractivity contribution in [2.75, 3.05) is 39.6 Å². The maximum absolute atomic E-state index is 13.2. The molecule has 7 aliphatic heterocycles. The summed E-state index contributed by atoms with van der Waals surface area (Å²) in [7, 11) is 0. The largest absolute Gasteiger partial charge is 0.394 e. The monoisotopic (exact) mass is 1220 g/mol. The zero-order valence-corrected chi connectivity index (χ0v) is 44.5. The van der Waals surface area contributed by atoms with Crippen LogP contribution in [0.4, 0.5) is 0 Å². The lowest BCUT2D eigenvalue weighted by molar-refractivity contribution is -0.396. The molecule has 37 nitrogen and oxygen atoms in total. The van der Waals surface area contributed by atoms with Crippen LogP contribution in [0.5, 0.6) is 0 Å². The smallest absolute Gasteiger partial charge is 0.217 e. The van der Waals surface area contributed by atoms with Crippen molar-refractivity contribution in [3.05, 3.63) is 0 Å². The predicted octanol–water partition coefficient (Wildman–Crippen LogP) is -15.0. The molecule has 0 bridgehead atoms. The van der Waals surface area contributed by atoms with E-state index in [2.05, 4.69) is 10.6 Å². The van der Waals surface area contributed by atoms with Crippen LogP contribution in [-0.2, 0) is 71.2 Å². The summed E-state index contributed by atoms with van der Waals surface area (Å²) in [6.07, 6.45) is -64.6. The summed E-state index contributed by atoms with van der Waals surface area (Å²) < 4.78 is 75.9. The lowest BCUT2D eigenvalue weighted by Gasteiger charge is -2.52. The summed E-state index contributed by atoms with van der Waals surface area (Å²) in [4.78, 5) is 26.0. The maximum atomic E-state index is 13.2. The second-order valence-electron chi connectivity index (χ2n) is 21.0. The van der Waals surface area contributed by atoms with Crippen LogP contribution in [0.1, 0.15) is 20.8 Å². The van der Waals surface area contributed by atoms with Crippen molar-refractivity contribution >= 4 is 11.8 Å². The molecule has 7 rings (SSSR count). The number of nitrogens with one attached hydrogen (secondary N) is 2. The second kappa shape index (κ2) is 29.3. The zero-order chi connectivity index (χ0) is 61.2. The molecule has 0 aliphatic carbocycles. The molecule has 7 aliphatic rings. The van der Waals surface area contributed by atoms with Crippen molar-refractivity contribution in [2.24, 2.45) is 0 Å². The number of hydrogen-bond acceptors (Lipinski definition) is 35. The Morgan fingerprint density at radius 1 is 0.313 bits per heavy atom. The first-order valence-corrected chi connectivity index (χ1v) is 26.5. The van der Waals surface area contributed by atoms with Crippen LogP contribution in [0.2, 0.25) is 0 Å². The Bertz CT molecular complexity index is 2040. The summed E-state index contributed by atoms with van der Waals surface area (Å²) in [6, 6.07) is -3.71. The molecule has 7 heterocycles. The third-order valence-electron chi connectivity index (χ3n) is 15.3. The van der Waals surface area contributed by atoms with Crippen LogP contribution >= 0.6 is 0 Å². The van der Waals surface area contributed by atoms with Gasteiger partial charge in [-0.2, -0.15) is 0 Å². The highest BCUT2D eigenvalue weighted by Gasteiger charge is 2.60. The van der Waals surface area contributed by atoms with Gasteiger partial charge in [0, 0.05) is 13.8 Å². The molecule has 0 saturated carbocycles. The standard InChI is InChI=1S/C46H78N2O35/c1-10-21(57)26(62)30(66)43(71-10)81-37-20(48-12(3)56)42(83-38-24(60)15(6-51)75-45(32(38)68)78-34-17(8-53)72-40(70)29(65)28(34)64)77-18(9-54)35(37)79-46-33(69)39(25(61)16(7-52)76-46)82-41-19(47-11(2)55)36(23(59)14(5-50)73-41)80-44-31(67)27(63)22(58)13(4-49)74-44/h10,13-46,49-54,57-70H,4-9H2,1-3H3,(H,47,55)(H,48,56)/t10-,13+,14+,15+,16+,17+,18+,19+,20+,21+,22-,23+,24-,25-,26+,27-,28+,29+,30-,31+,32+,33+,34+,35+,36+,37+,38-,39-,40-,41-,42-,43-,44-,45-,46-/m0/s1. The second-order valence-corrected chi connectivity index (χ2v) is 21.0. The van der Waals surface area contributed by atoms with Gasteiger partial charge >= 0.3 is 0 Å². The fourth-order valence-corrected chi connectivity index (χ4v) is 10.7. The van der Waals surface area contributed by atoms with Crippen LogP contribution in [0.25, 0.3) is 0 Å². The minimum absolute atomic E-state index is 0.875. The average Bonchev–Trinajstić information content (AvgIpc) is 3.48. The molecule has 7 saturated heterocycles. The van der Waals surface area contributed by atoms with Crippen LogP contribution in [0, 0.1) is 0 Å². The van der Waals surface area contributed by atoms with E-state index in [4.69, 9.17) is 61.6 Å². The van der Waals surface area contributed by atoms with E-state index < -0.39 is 266 Å². The number of ether oxygens (including phenoxy) is 13.